The van der Waals surface area contributed by atoms with Gasteiger partial charge >= 0.3 is 0 Å². The Labute approximate surface area is 215 Å². The number of benzene rings is 2. The van der Waals surface area contributed by atoms with Crippen LogP contribution in [0, 0.1) is 0 Å². The van der Waals surface area contributed by atoms with Crippen LogP contribution in [-0.2, 0) is 16.0 Å². The maximum Gasteiger partial charge on any atom is 0.282 e. The predicted octanol–water partition coefficient (Wildman–Crippen LogP) is 3.50. The molecular weight excluding hydrogens is 540 g/mol. The van der Waals surface area contributed by atoms with E-state index in [2.05, 4.69) is 26.0 Å². The number of hydrogen-bond donors (Lipinski definition) is 0. The number of carbonyl (C=O) groups excluding carboxylic acids is 1. The molecule has 9 nitrogen and oxygen atoms in total. The van der Waals surface area contributed by atoms with E-state index in [1.807, 2.05) is 13.0 Å². The van der Waals surface area contributed by atoms with Crippen LogP contribution >= 0.6 is 27.5 Å². The molecule has 2 aromatic carbocycles. The van der Waals surface area contributed by atoms with Gasteiger partial charge in [-0.2, -0.15) is 9.78 Å². The number of nitrogens with zero attached hydrogens (tertiary/aromatic N) is 4. The number of amides is 1. The summed E-state index contributed by atoms with van der Waals surface area (Å²) < 4.78 is 18.5. The van der Waals surface area contributed by atoms with Gasteiger partial charge in [-0.1, -0.05) is 34.5 Å². The van der Waals surface area contributed by atoms with Crippen LogP contribution < -0.4 is 15.0 Å². The third kappa shape index (κ3) is 5.66. The summed E-state index contributed by atoms with van der Waals surface area (Å²) >= 11 is 9.85. The van der Waals surface area contributed by atoms with Crippen LogP contribution in [0.1, 0.15) is 18.3 Å². The van der Waals surface area contributed by atoms with Crippen molar-refractivity contribution in [2.24, 2.45) is 5.10 Å². The van der Waals surface area contributed by atoms with Crippen LogP contribution in [0.2, 0.25) is 5.02 Å². The minimum Gasteiger partial charge on any atom is -0.493 e. The molecule has 3 aromatic rings. The largest absolute Gasteiger partial charge is 0.493 e. The van der Waals surface area contributed by atoms with Crippen molar-refractivity contribution in [2.75, 3.05) is 40.0 Å². The normalized spacial score (nSPS) is 14.0. The van der Waals surface area contributed by atoms with Gasteiger partial charge < -0.3 is 19.1 Å². The Morgan fingerprint density at radius 3 is 2.77 bits per heavy atom. The van der Waals surface area contributed by atoms with Crippen molar-refractivity contribution in [1.29, 1.82) is 0 Å². The quantitative estimate of drug-likeness (QED) is 0.409. The molecule has 11 heteroatoms. The van der Waals surface area contributed by atoms with E-state index in [-0.39, 0.29) is 28.8 Å². The SMILES string of the molecule is CCc1nc2ccc(Br)cc2c(=O)n1N=Cc1cc(Cl)c(OCC(=O)N2CCOCC2)c(OC)c1. The maximum absolute atomic E-state index is 13.1. The highest BCUT2D eigenvalue weighted by atomic mass is 79.9. The van der Waals surface area contributed by atoms with Gasteiger partial charge in [-0.3, -0.25) is 9.59 Å². The van der Waals surface area contributed by atoms with Gasteiger partial charge in [0.2, 0.25) is 0 Å². The van der Waals surface area contributed by atoms with Crippen LogP contribution in [-0.4, -0.2) is 66.7 Å². The second kappa shape index (κ2) is 11.2. The Balaban J connectivity index is 1.59. The van der Waals surface area contributed by atoms with Crippen molar-refractivity contribution in [3.8, 4) is 11.5 Å². The standard InChI is InChI=1S/C24H24BrClN4O5/c1-3-21-28-19-5-4-16(25)12-17(19)24(32)30(21)27-13-15-10-18(26)23(20(11-15)33-2)35-14-22(31)29-6-8-34-9-7-29/h4-5,10-13H,3,6-9,14H2,1-2H3. The molecule has 1 fully saturated rings. The summed E-state index contributed by atoms with van der Waals surface area (Å²) in [6.45, 7) is 3.82. The first kappa shape index (κ1) is 25.2. The van der Waals surface area contributed by atoms with E-state index in [4.69, 9.17) is 25.8 Å². The van der Waals surface area contributed by atoms with E-state index in [0.29, 0.717) is 60.8 Å². The summed E-state index contributed by atoms with van der Waals surface area (Å²) in [7, 11) is 1.48. The topological polar surface area (TPSA) is 95.3 Å². The lowest BCUT2D eigenvalue weighted by Gasteiger charge is -2.26. The molecule has 1 aromatic heterocycles. The molecule has 0 N–H and O–H groups in total. The Kier molecular flexibility index (Phi) is 8.04. The summed E-state index contributed by atoms with van der Waals surface area (Å²) in [4.78, 5) is 31.7. The fraction of sp³-hybridized carbons (Fsp3) is 0.333. The summed E-state index contributed by atoms with van der Waals surface area (Å²) in [5.41, 5.74) is 0.922. The van der Waals surface area contributed by atoms with Gasteiger partial charge in [-0.05, 0) is 35.9 Å². The monoisotopic (exact) mass is 562 g/mol. The molecule has 0 atom stereocenters. The van der Waals surface area contributed by atoms with Crippen molar-refractivity contribution in [3.05, 3.63) is 61.6 Å². The number of methoxy groups -OCH3 is 1. The van der Waals surface area contributed by atoms with E-state index >= 15 is 0 Å². The summed E-state index contributed by atoms with van der Waals surface area (Å²) in [6, 6.07) is 8.66. The molecule has 0 spiro atoms. The molecule has 1 aliphatic heterocycles. The predicted molar refractivity (Wildman–Crippen MR) is 137 cm³/mol. The van der Waals surface area contributed by atoms with Crippen molar-refractivity contribution in [3.63, 3.8) is 0 Å². The van der Waals surface area contributed by atoms with E-state index in [0.717, 1.165) is 4.47 Å². The third-order valence-corrected chi connectivity index (χ3v) is 6.24. The van der Waals surface area contributed by atoms with Gasteiger partial charge in [0.25, 0.3) is 11.5 Å². The number of fused-ring (bicyclic) bond motifs is 1. The minimum atomic E-state index is -0.274. The first-order valence-electron chi connectivity index (χ1n) is 11.0. The van der Waals surface area contributed by atoms with Gasteiger partial charge in [0.15, 0.2) is 18.1 Å². The van der Waals surface area contributed by atoms with Crippen LogP contribution in [0.3, 0.4) is 0 Å². The Hall–Kier alpha value is -2.95. The molecule has 0 saturated carbocycles. The Morgan fingerprint density at radius 1 is 1.29 bits per heavy atom. The van der Waals surface area contributed by atoms with Gasteiger partial charge in [0.1, 0.15) is 5.82 Å². The number of aromatic nitrogens is 2. The lowest BCUT2D eigenvalue weighted by atomic mass is 10.2. The molecule has 4 rings (SSSR count). The second-order valence-corrected chi connectivity index (χ2v) is 9.04. The highest BCUT2D eigenvalue weighted by Gasteiger charge is 2.19. The number of ether oxygens (including phenoxy) is 3. The fourth-order valence-corrected chi connectivity index (χ4v) is 4.29. The molecule has 0 aliphatic carbocycles. The number of carbonyl (C=O) groups is 1. The molecule has 184 valence electrons. The zero-order valence-corrected chi connectivity index (χ0v) is 21.6. The Bertz CT molecular complexity index is 1340. The van der Waals surface area contributed by atoms with Crippen molar-refractivity contribution >= 4 is 50.6 Å². The van der Waals surface area contributed by atoms with Gasteiger partial charge in [-0.15, -0.1) is 0 Å². The second-order valence-electron chi connectivity index (χ2n) is 7.72. The summed E-state index contributed by atoms with van der Waals surface area (Å²) in [6.07, 6.45) is 2.02. The van der Waals surface area contributed by atoms with Crippen molar-refractivity contribution in [1.82, 2.24) is 14.6 Å². The number of aryl methyl sites for hydroxylation is 1. The average molecular weight is 564 g/mol. The summed E-state index contributed by atoms with van der Waals surface area (Å²) in [5, 5.41) is 5.09. The molecule has 0 bridgehead atoms. The molecule has 1 saturated heterocycles. The van der Waals surface area contributed by atoms with Crippen LogP contribution in [0.25, 0.3) is 10.9 Å². The van der Waals surface area contributed by atoms with Crippen LogP contribution in [0.5, 0.6) is 11.5 Å². The lowest BCUT2D eigenvalue weighted by molar-refractivity contribution is -0.137. The fourth-order valence-electron chi connectivity index (χ4n) is 3.66. The zero-order chi connectivity index (χ0) is 24.9. The number of halogens is 2. The maximum atomic E-state index is 13.1. The Morgan fingerprint density at radius 2 is 2.06 bits per heavy atom. The van der Waals surface area contributed by atoms with E-state index in [9.17, 15) is 9.59 Å². The van der Waals surface area contributed by atoms with Crippen LogP contribution in [0.4, 0.5) is 0 Å². The molecule has 2 heterocycles. The highest BCUT2D eigenvalue weighted by molar-refractivity contribution is 9.10. The van der Waals surface area contributed by atoms with Gasteiger partial charge in [0, 0.05) is 24.0 Å². The molecule has 1 amide bonds. The number of hydrogen-bond acceptors (Lipinski definition) is 7. The van der Waals surface area contributed by atoms with Gasteiger partial charge in [0.05, 0.1) is 42.5 Å². The number of morpholine rings is 1. The zero-order valence-electron chi connectivity index (χ0n) is 19.3. The molecular formula is C24H24BrClN4O5. The first-order chi connectivity index (χ1) is 16.9. The molecule has 35 heavy (non-hydrogen) atoms. The smallest absolute Gasteiger partial charge is 0.282 e. The van der Waals surface area contributed by atoms with E-state index in [1.165, 1.54) is 18.0 Å². The van der Waals surface area contributed by atoms with E-state index in [1.54, 1.807) is 29.2 Å². The van der Waals surface area contributed by atoms with Crippen LogP contribution in [0.15, 0.2) is 44.7 Å². The highest BCUT2D eigenvalue weighted by Crippen LogP contribution is 2.36. The summed E-state index contributed by atoms with van der Waals surface area (Å²) in [5.74, 6) is 0.980. The third-order valence-electron chi connectivity index (χ3n) is 5.47. The molecule has 0 radical (unpaired) electrons. The lowest BCUT2D eigenvalue weighted by Crippen LogP contribution is -2.43. The minimum absolute atomic E-state index is 0.154. The van der Waals surface area contributed by atoms with Crippen molar-refractivity contribution in [2.45, 2.75) is 13.3 Å². The molecule has 1 aliphatic rings. The van der Waals surface area contributed by atoms with Crippen molar-refractivity contribution < 1.29 is 19.0 Å². The first-order valence-corrected chi connectivity index (χ1v) is 12.2. The van der Waals surface area contributed by atoms with Gasteiger partial charge in [-0.25, -0.2) is 4.98 Å². The number of rotatable bonds is 7. The average Bonchev–Trinajstić information content (AvgIpc) is 2.87. The molecule has 0 unspecified atom stereocenters. The van der Waals surface area contributed by atoms with E-state index < -0.39 is 0 Å².